The highest BCUT2D eigenvalue weighted by molar-refractivity contribution is 7.51. The Kier molecular flexibility index (Phi) is 7.32. The van der Waals surface area contributed by atoms with E-state index in [-0.39, 0.29) is 0 Å². The zero-order valence-electron chi connectivity index (χ0n) is 8.35. The first-order chi connectivity index (χ1) is 7.42. The molecule has 1 aromatic rings. The van der Waals surface area contributed by atoms with E-state index >= 15 is 0 Å². The summed E-state index contributed by atoms with van der Waals surface area (Å²) < 4.78 is 10.1. The lowest BCUT2D eigenvalue weighted by atomic mass is 10.5. The summed E-state index contributed by atoms with van der Waals surface area (Å²) in [5, 5.41) is 10.1. The second kappa shape index (κ2) is 7.95. The zero-order valence-corrected chi connectivity index (χ0v) is 9.25. The Balaban J connectivity index is 0.000000315. The van der Waals surface area contributed by atoms with Crippen LogP contribution >= 0.6 is 7.60 Å². The Labute approximate surface area is 92.3 Å². The largest absolute Gasteiger partial charge is 0.480 e. The lowest BCUT2D eigenvalue weighted by Crippen LogP contribution is -2.23. The van der Waals surface area contributed by atoms with Gasteiger partial charge in [0, 0.05) is 12.4 Å². The van der Waals surface area contributed by atoms with Crippen LogP contribution in [0.15, 0.2) is 30.6 Å². The molecule has 7 nitrogen and oxygen atoms in total. The second-order valence-electron chi connectivity index (χ2n) is 2.67. The number of nitrogens with zero attached hydrogens (tertiary/aromatic N) is 1. The summed E-state index contributed by atoms with van der Waals surface area (Å²) in [5.41, 5.74) is 0. The van der Waals surface area contributed by atoms with E-state index < -0.39 is 26.4 Å². The molecule has 1 heterocycles. The highest BCUT2D eigenvalue weighted by Crippen LogP contribution is 2.31. The van der Waals surface area contributed by atoms with Crippen molar-refractivity contribution in [3.8, 4) is 0 Å². The van der Waals surface area contributed by atoms with Crippen molar-refractivity contribution in [1.29, 1.82) is 0 Å². The van der Waals surface area contributed by atoms with Gasteiger partial charge in [-0.15, -0.1) is 0 Å². The Morgan fingerprint density at radius 2 is 1.81 bits per heavy atom. The van der Waals surface area contributed by atoms with E-state index in [2.05, 4.69) is 10.3 Å². The van der Waals surface area contributed by atoms with E-state index in [0.717, 1.165) is 0 Å². The first-order valence-electron chi connectivity index (χ1n) is 4.24. The number of hydrogen-bond acceptors (Lipinski definition) is 4. The van der Waals surface area contributed by atoms with E-state index in [0.29, 0.717) is 0 Å². The lowest BCUT2D eigenvalue weighted by Gasteiger charge is -2.02. The van der Waals surface area contributed by atoms with Gasteiger partial charge in [0.05, 0.1) is 12.8 Å². The molecule has 90 valence electrons. The number of aliphatic carboxylic acids is 1. The molecule has 0 fully saturated rings. The molecule has 0 saturated heterocycles. The first kappa shape index (κ1) is 14.7. The maximum Gasteiger partial charge on any atom is 0.339 e. The Bertz CT molecular complexity index is 313. The maximum absolute atomic E-state index is 10.1. The molecule has 0 aliphatic carbocycles. The molecule has 0 aromatic carbocycles. The van der Waals surface area contributed by atoms with Gasteiger partial charge in [-0.25, -0.2) is 0 Å². The van der Waals surface area contributed by atoms with Crippen LogP contribution < -0.4 is 5.32 Å². The average molecular weight is 248 g/mol. The van der Waals surface area contributed by atoms with Gasteiger partial charge in [-0.05, 0) is 12.1 Å². The third-order valence-electron chi connectivity index (χ3n) is 1.16. The predicted molar refractivity (Wildman–Crippen MR) is 56.8 cm³/mol. The van der Waals surface area contributed by atoms with Crippen molar-refractivity contribution < 1.29 is 24.3 Å². The van der Waals surface area contributed by atoms with Crippen LogP contribution in [0.1, 0.15) is 0 Å². The third-order valence-corrected chi connectivity index (χ3v) is 1.80. The van der Waals surface area contributed by atoms with E-state index in [4.69, 9.17) is 14.9 Å². The van der Waals surface area contributed by atoms with E-state index in [1.807, 2.05) is 18.2 Å². The van der Waals surface area contributed by atoms with Crippen LogP contribution in [0.25, 0.3) is 0 Å². The Morgan fingerprint density at radius 3 is 2.06 bits per heavy atom. The average Bonchev–Trinajstić information content (AvgIpc) is 2.18. The van der Waals surface area contributed by atoms with Gasteiger partial charge >= 0.3 is 13.6 Å². The fourth-order valence-electron chi connectivity index (χ4n) is 0.621. The van der Waals surface area contributed by atoms with Crippen molar-refractivity contribution in [2.75, 3.05) is 12.8 Å². The number of carbonyl (C=O) groups is 1. The molecule has 8 heteroatoms. The van der Waals surface area contributed by atoms with E-state index in [9.17, 15) is 9.36 Å². The smallest absolute Gasteiger partial charge is 0.339 e. The molecule has 1 aromatic heterocycles. The number of aromatic nitrogens is 1. The summed E-state index contributed by atoms with van der Waals surface area (Å²) in [6.45, 7) is -0.439. The molecule has 0 amide bonds. The lowest BCUT2D eigenvalue weighted by molar-refractivity contribution is -0.135. The van der Waals surface area contributed by atoms with Crippen LogP contribution in [-0.4, -0.2) is 38.7 Å². The van der Waals surface area contributed by atoms with Crippen molar-refractivity contribution in [2.45, 2.75) is 0 Å². The van der Waals surface area contributed by atoms with E-state index in [1.165, 1.54) is 0 Å². The Morgan fingerprint density at radius 1 is 1.25 bits per heavy atom. The van der Waals surface area contributed by atoms with Crippen molar-refractivity contribution in [3.05, 3.63) is 30.6 Å². The van der Waals surface area contributed by atoms with Crippen LogP contribution in [0.5, 0.6) is 0 Å². The fraction of sp³-hybridized carbons (Fsp3) is 0.250. The fourth-order valence-corrected chi connectivity index (χ4v) is 1.02. The van der Waals surface area contributed by atoms with Crippen LogP contribution in [0.2, 0.25) is 0 Å². The summed E-state index contributed by atoms with van der Waals surface area (Å²) in [6.07, 6.45) is 2.90. The monoisotopic (exact) mass is 248 g/mol. The first-order valence-corrected chi connectivity index (χ1v) is 6.03. The van der Waals surface area contributed by atoms with Crippen LogP contribution in [0, 0.1) is 0 Å². The molecule has 0 saturated carbocycles. The van der Waals surface area contributed by atoms with Crippen LogP contribution in [-0.2, 0) is 9.36 Å². The van der Waals surface area contributed by atoms with Gasteiger partial charge in [-0.2, -0.15) is 0 Å². The summed E-state index contributed by atoms with van der Waals surface area (Å²) in [4.78, 5) is 29.9. The molecule has 0 spiro atoms. The van der Waals surface area contributed by atoms with E-state index in [1.54, 1.807) is 12.4 Å². The van der Waals surface area contributed by atoms with Gasteiger partial charge in [0.2, 0.25) is 0 Å². The minimum atomic E-state index is -4.10. The molecule has 0 aliphatic heterocycles. The number of nitrogens with one attached hydrogen (secondary N) is 1. The number of rotatable bonds is 4. The highest BCUT2D eigenvalue weighted by atomic mass is 31.2. The van der Waals surface area contributed by atoms with Gasteiger partial charge in [0.25, 0.3) is 0 Å². The molecule has 0 aliphatic rings. The molecule has 0 atom stereocenters. The molecule has 0 radical (unpaired) electrons. The second-order valence-corrected chi connectivity index (χ2v) is 4.31. The highest BCUT2D eigenvalue weighted by Gasteiger charge is 2.11. The van der Waals surface area contributed by atoms with Crippen molar-refractivity contribution in [3.63, 3.8) is 0 Å². The number of pyridine rings is 1. The summed E-state index contributed by atoms with van der Waals surface area (Å²) in [5.74, 6) is -1.14. The molecule has 16 heavy (non-hydrogen) atoms. The SMILES string of the molecule is O=C(O)CNCP(=O)(O)O.c1ccncc1. The molecular formula is C8H13N2O5P. The molecule has 1 rings (SSSR count). The maximum atomic E-state index is 10.1. The normalized spacial score (nSPS) is 10.1. The van der Waals surface area contributed by atoms with Gasteiger partial charge in [0.15, 0.2) is 0 Å². The number of hydrogen-bond donors (Lipinski definition) is 4. The molecule has 0 bridgehead atoms. The third kappa shape index (κ3) is 12.7. The van der Waals surface area contributed by atoms with Crippen molar-refractivity contribution in [1.82, 2.24) is 10.3 Å². The quantitative estimate of drug-likeness (QED) is 0.548. The van der Waals surface area contributed by atoms with Gasteiger partial charge in [-0.3, -0.25) is 19.7 Å². The summed E-state index contributed by atoms with van der Waals surface area (Å²) in [6, 6.07) is 5.72. The number of carboxylic acids is 1. The van der Waals surface area contributed by atoms with Crippen molar-refractivity contribution >= 4 is 13.6 Å². The van der Waals surface area contributed by atoms with Crippen molar-refractivity contribution in [2.24, 2.45) is 0 Å². The van der Waals surface area contributed by atoms with Crippen LogP contribution in [0.4, 0.5) is 0 Å². The van der Waals surface area contributed by atoms with Gasteiger partial charge in [0.1, 0.15) is 0 Å². The standard InChI is InChI=1S/C5H5N.C3H8NO5P/c1-2-4-6-5-3-1;5-3(6)1-4-2-10(7,8)9/h1-5H;4H,1-2H2,(H,5,6)(H2,7,8,9). The molecular weight excluding hydrogens is 235 g/mol. The number of carboxylic acid groups (broad SMARTS) is 1. The topological polar surface area (TPSA) is 120 Å². The van der Waals surface area contributed by atoms with Gasteiger partial charge in [-0.1, -0.05) is 6.07 Å². The predicted octanol–water partition coefficient (Wildman–Crippen LogP) is -0.123. The summed E-state index contributed by atoms with van der Waals surface area (Å²) in [7, 11) is -4.10. The van der Waals surface area contributed by atoms with Crippen LogP contribution in [0.3, 0.4) is 0 Å². The molecule has 0 unspecified atom stereocenters. The minimum absolute atomic E-state index is 0.439. The summed E-state index contributed by atoms with van der Waals surface area (Å²) >= 11 is 0. The van der Waals surface area contributed by atoms with Gasteiger partial charge < -0.3 is 14.9 Å². The zero-order chi connectivity index (χ0) is 12.4. The minimum Gasteiger partial charge on any atom is -0.480 e. The molecule has 4 N–H and O–H groups in total. The Hall–Kier alpha value is -1.27.